The van der Waals surface area contributed by atoms with Gasteiger partial charge in [-0.15, -0.1) is 11.3 Å². The number of aryl methyl sites for hydroxylation is 2. The van der Waals surface area contributed by atoms with Crippen LogP contribution in [0.5, 0.6) is 0 Å². The van der Waals surface area contributed by atoms with Gasteiger partial charge >= 0.3 is 0 Å². The van der Waals surface area contributed by atoms with Gasteiger partial charge < -0.3 is 26.0 Å². The smallest absolute Gasteiger partial charge is 0.229 e. The van der Waals surface area contributed by atoms with E-state index in [9.17, 15) is 15.3 Å². The lowest BCUT2D eigenvalue weighted by Crippen LogP contribution is -2.35. The van der Waals surface area contributed by atoms with Crippen molar-refractivity contribution in [2.45, 2.75) is 38.5 Å². The molecule has 0 saturated heterocycles. The van der Waals surface area contributed by atoms with Gasteiger partial charge in [-0.3, -0.25) is 4.98 Å². The Morgan fingerprint density at radius 3 is 2.62 bits per heavy atom. The number of anilines is 3. The second-order valence-corrected chi connectivity index (χ2v) is 9.59. The zero-order valence-electron chi connectivity index (χ0n) is 18.8. The maximum absolute atomic E-state index is 10.6. The summed E-state index contributed by atoms with van der Waals surface area (Å²) in [6, 6.07) is 11.2. The van der Waals surface area contributed by atoms with E-state index in [4.69, 9.17) is 9.97 Å². The highest BCUT2D eigenvalue weighted by Gasteiger charge is 2.41. The minimum Gasteiger partial charge on any atom is -0.396 e. The highest BCUT2D eigenvalue weighted by Crippen LogP contribution is 2.38. The Morgan fingerprint density at radius 2 is 1.88 bits per heavy atom. The molecule has 1 aliphatic rings. The average molecular weight is 479 g/mol. The van der Waals surface area contributed by atoms with Gasteiger partial charge in [-0.1, -0.05) is 12.1 Å². The van der Waals surface area contributed by atoms with Crippen LogP contribution in [0.25, 0.3) is 20.8 Å². The van der Waals surface area contributed by atoms with Gasteiger partial charge in [0.1, 0.15) is 16.9 Å². The van der Waals surface area contributed by atoms with Gasteiger partial charge in [0, 0.05) is 30.1 Å². The first-order valence-electron chi connectivity index (χ1n) is 11.1. The topological polar surface area (TPSA) is 136 Å². The SMILES string of the molecule is Cc1cc(Nc2nc(C)c(-c3nc4ccccc4s3)c(N[C@@H]3C[C@H](CO)[C@@H](O)[C@H]3O)n2)ccn1. The van der Waals surface area contributed by atoms with E-state index in [2.05, 4.69) is 20.6 Å². The number of aliphatic hydroxyl groups excluding tert-OH is 3. The van der Waals surface area contributed by atoms with E-state index in [1.54, 1.807) is 17.5 Å². The van der Waals surface area contributed by atoms with Crippen LogP contribution >= 0.6 is 11.3 Å². The first-order valence-corrected chi connectivity index (χ1v) is 11.9. The monoisotopic (exact) mass is 478 g/mol. The van der Waals surface area contributed by atoms with E-state index in [-0.39, 0.29) is 6.61 Å². The molecule has 1 saturated carbocycles. The van der Waals surface area contributed by atoms with Crippen LogP contribution in [0.3, 0.4) is 0 Å². The van der Waals surface area contributed by atoms with Crippen LogP contribution in [0.1, 0.15) is 17.8 Å². The molecule has 176 valence electrons. The minimum atomic E-state index is -1.03. The summed E-state index contributed by atoms with van der Waals surface area (Å²) >= 11 is 1.54. The fourth-order valence-electron chi connectivity index (χ4n) is 4.35. The van der Waals surface area contributed by atoms with Crippen LogP contribution in [0.15, 0.2) is 42.6 Å². The Morgan fingerprint density at radius 1 is 1.06 bits per heavy atom. The maximum Gasteiger partial charge on any atom is 0.229 e. The molecule has 3 aromatic heterocycles. The average Bonchev–Trinajstić information content (AvgIpc) is 3.35. The molecule has 34 heavy (non-hydrogen) atoms. The van der Waals surface area contributed by atoms with E-state index in [0.29, 0.717) is 18.2 Å². The van der Waals surface area contributed by atoms with E-state index in [1.165, 1.54) is 0 Å². The minimum absolute atomic E-state index is 0.196. The molecule has 10 heteroatoms. The number of aliphatic hydroxyl groups is 3. The predicted molar refractivity (Wildman–Crippen MR) is 132 cm³/mol. The summed E-state index contributed by atoms with van der Waals surface area (Å²) in [6.07, 6.45) is 0.0847. The number of aromatic nitrogens is 4. The molecule has 0 bridgehead atoms. The van der Waals surface area contributed by atoms with Crippen LogP contribution in [-0.4, -0.2) is 60.1 Å². The number of hydrogen-bond donors (Lipinski definition) is 5. The van der Waals surface area contributed by atoms with Crippen molar-refractivity contribution in [2.75, 3.05) is 17.2 Å². The third kappa shape index (κ3) is 4.32. The highest BCUT2D eigenvalue weighted by molar-refractivity contribution is 7.21. The summed E-state index contributed by atoms with van der Waals surface area (Å²) in [7, 11) is 0. The van der Waals surface area contributed by atoms with Gasteiger partial charge in [0.25, 0.3) is 0 Å². The number of thiazole rings is 1. The lowest BCUT2D eigenvalue weighted by atomic mass is 10.1. The third-order valence-electron chi connectivity index (χ3n) is 6.11. The maximum atomic E-state index is 10.6. The zero-order chi connectivity index (χ0) is 23.8. The molecular formula is C24H26N6O3S. The number of hydrogen-bond acceptors (Lipinski definition) is 10. The largest absolute Gasteiger partial charge is 0.396 e. The van der Waals surface area contributed by atoms with Crippen molar-refractivity contribution in [2.24, 2.45) is 5.92 Å². The molecule has 1 aromatic carbocycles. The fraction of sp³-hybridized carbons (Fsp3) is 0.333. The van der Waals surface area contributed by atoms with Crippen LogP contribution in [0, 0.1) is 19.8 Å². The Bertz CT molecular complexity index is 1300. The van der Waals surface area contributed by atoms with Crippen LogP contribution < -0.4 is 10.6 Å². The molecule has 5 rings (SSSR count). The predicted octanol–water partition coefficient (Wildman–Crippen LogP) is 3.02. The first-order chi connectivity index (χ1) is 16.4. The van der Waals surface area contributed by atoms with Crippen molar-refractivity contribution in [3.63, 3.8) is 0 Å². The number of rotatable bonds is 6. The Kier molecular flexibility index (Phi) is 6.13. The van der Waals surface area contributed by atoms with Crippen molar-refractivity contribution in [3.8, 4) is 10.6 Å². The summed E-state index contributed by atoms with van der Waals surface area (Å²) < 4.78 is 1.05. The lowest BCUT2D eigenvalue weighted by Gasteiger charge is -2.21. The summed E-state index contributed by atoms with van der Waals surface area (Å²) in [4.78, 5) is 18.4. The van der Waals surface area contributed by atoms with Crippen LogP contribution in [-0.2, 0) is 0 Å². The molecule has 0 radical (unpaired) electrons. The summed E-state index contributed by atoms with van der Waals surface area (Å²) in [5, 5.41) is 37.8. The van der Waals surface area contributed by atoms with E-state index in [1.807, 2.05) is 50.2 Å². The number of pyridine rings is 1. The molecule has 0 unspecified atom stereocenters. The van der Waals surface area contributed by atoms with Gasteiger partial charge in [-0.2, -0.15) is 4.98 Å². The molecule has 9 nitrogen and oxygen atoms in total. The second-order valence-electron chi connectivity index (χ2n) is 8.56. The van der Waals surface area contributed by atoms with Crippen molar-refractivity contribution >= 4 is 39.0 Å². The summed E-state index contributed by atoms with van der Waals surface area (Å²) in [5.41, 5.74) is 4.02. The van der Waals surface area contributed by atoms with Crippen molar-refractivity contribution in [1.82, 2.24) is 19.9 Å². The molecule has 1 fully saturated rings. The molecule has 4 aromatic rings. The Hall–Kier alpha value is -3.18. The molecule has 3 heterocycles. The van der Waals surface area contributed by atoms with Gasteiger partial charge in [0.05, 0.1) is 33.6 Å². The van der Waals surface area contributed by atoms with E-state index in [0.717, 1.165) is 37.9 Å². The molecule has 0 aliphatic heterocycles. The lowest BCUT2D eigenvalue weighted by molar-refractivity contribution is 0.00446. The number of benzene rings is 1. The normalized spacial score (nSPS) is 22.3. The summed E-state index contributed by atoms with van der Waals surface area (Å²) in [5.74, 6) is 0.496. The van der Waals surface area contributed by atoms with Crippen molar-refractivity contribution < 1.29 is 15.3 Å². The van der Waals surface area contributed by atoms with Gasteiger partial charge in [-0.05, 0) is 44.5 Å². The molecular weight excluding hydrogens is 452 g/mol. The number of nitrogens with one attached hydrogen (secondary N) is 2. The Balaban J connectivity index is 1.57. The van der Waals surface area contributed by atoms with Crippen molar-refractivity contribution in [3.05, 3.63) is 54.0 Å². The van der Waals surface area contributed by atoms with E-state index >= 15 is 0 Å². The van der Waals surface area contributed by atoms with Gasteiger partial charge in [0.15, 0.2) is 0 Å². The Labute approximate surface area is 200 Å². The molecule has 4 atom stereocenters. The van der Waals surface area contributed by atoms with Gasteiger partial charge in [0.2, 0.25) is 5.95 Å². The molecule has 0 amide bonds. The molecule has 1 aliphatic carbocycles. The van der Waals surface area contributed by atoms with Crippen LogP contribution in [0.4, 0.5) is 17.5 Å². The molecule has 0 spiro atoms. The summed E-state index contributed by atoms with van der Waals surface area (Å²) in [6.45, 7) is 3.61. The third-order valence-corrected chi connectivity index (χ3v) is 7.16. The van der Waals surface area contributed by atoms with Gasteiger partial charge in [-0.25, -0.2) is 9.97 Å². The second kappa shape index (κ2) is 9.22. The van der Waals surface area contributed by atoms with Crippen molar-refractivity contribution in [1.29, 1.82) is 0 Å². The molecule has 5 N–H and O–H groups in total. The zero-order valence-corrected chi connectivity index (χ0v) is 19.6. The quantitative estimate of drug-likeness (QED) is 0.283. The van der Waals surface area contributed by atoms with Crippen LogP contribution in [0.2, 0.25) is 0 Å². The number of nitrogens with zero attached hydrogens (tertiary/aromatic N) is 4. The van der Waals surface area contributed by atoms with E-state index < -0.39 is 24.2 Å². The standard InChI is InChI=1S/C24H26N6O3S/c1-12-9-15(7-8-25-12)27-24-26-13(2)19(23-29-16-5-3-4-6-18(16)34-23)22(30-24)28-17-10-14(11-31)20(32)21(17)33/h3-9,14,17,20-21,31-33H,10-11H2,1-2H3,(H2,25,26,27,28,30)/t14-,17-,20-,21+/m1/s1. The first kappa shape index (κ1) is 22.6. The number of para-hydroxylation sites is 1. The highest BCUT2D eigenvalue weighted by atomic mass is 32.1. The number of fused-ring (bicyclic) bond motifs is 1. The fourth-order valence-corrected chi connectivity index (χ4v) is 5.41.